The van der Waals surface area contributed by atoms with Crippen LogP contribution in [0.3, 0.4) is 0 Å². The molecule has 0 aliphatic heterocycles. The van der Waals surface area contributed by atoms with Crippen LogP contribution in [0.2, 0.25) is 0 Å². The Labute approximate surface area is 162 Å². The molecule has 0 aromatic heterocycles. The molecule has 0 fully saturated rings. The summed E-state index contributed by atoms with van der Waals surface area (Å²) in [6.07, 6.45) is 9.46. The first-order chi connectivity index (χ1) is 13.0. The number of carbonyl (C=O) groups excluding carboxylic acids is 2. The molecule has 1 aliphatic carbocycles. The highest BCUT2D eigenvalue weighted by molar-refractivity contribution is 5.72. The van der Waals surface area contributed by atoms with E-state index in [-0.39, 0.29) is 30.9 Å². The third kappa shape index (κ3) is 8.42. The molecule has 1 aromatic carbocycles. The van der Waals surface area contributed by atoms with Crippen LogP contribution in [0.5, 0.6) is 0 Å². The number of benzene rings is 1. The lowest BCUT2D eigenvalue weighted by Crippen LogP contribution is -2.16. The molecule has 0 saturated heterocycles. The molecule has 0 amide bonds. The predicted octanol–water partition coefficient (Wildman–Crippen LogP) is 5.39. The number of hydrogen-bond acceptors (Lipinski definition) is 4. The minimum absolute atomic E-state index is 0.237. The number of allylic oxidation sites excluding steroid dienone is 2. The van der Waals surface area contributed by atoms with Gasteiger partial charge in [-0.25, -0.2) is 0 Å². The standard InChI is InChI=1S/C23H32O4/c1-18(2)17-26-22(24)14-9-15-23(25)27-21(20-12-7-4-8-13-20)16-19-10-5-3-6-11-19/h4-5,7-8,10,12-13,18-19,21H,3,6,9,11,14-17H2,1-2H3. The molecular weight excluding hydrogens is 340 g/mol. The van der Waals surface area contributed by atoms with Gasteiger partial charge in [0.25, 0.3) is 0 Å². The Morgan fingerprint density at radius 3 is 2.52 bits per heavy atom. The normalized spacial score (nSPS) is 17.5. The Bertz CT molecular complexity index is 606. The number of hydrogen-bond donors (Lipinski definition) is 0. The van der Waals surface area contributed by atoms with Crippen molar-refractivity contribution in [1.29, 1.82) is 0 Å². The van der Waals surface area contributed by atoms with Gasteiger partial charge < -0.3 is 9.47 Å². The van der Waals surface area contributed by atoms with E-state index < -0.39 is 0 Å². The van der Waals surface area contributed by atoms with E-state index in [1.54, 1.807) is 0 Å². The van der Waals surface area contributed by atoms with Crippen molar-refractivity contribution in [3.8, 4) is 0 Å². The fraction of sp³-hybridized carbons (Fsp3) is 0.565. The lowest BCUT2D eigenvalue weighted by Gasteiger charge is -2.24. The second-order valence-electron chi connectivity index (χ2n) is 7.67. The Balaban J connectivity index is 1.83. The van der Waals surface area contributed by atoms with Crippen LogP contribution in [-0.2, 0) is 19.1 Å². The van der Waals surface area contributed by atoms with E-state index in [4.69, 9.17) is 9.47 Å². The van der Waals surface area contributed by atoms with Crippen molar-refractivity contribution in [3.63, 3.8) is 0 Å². The quantitative estimate of drug-likeness (QED) is 0.408. The van der Waals surface area contributed by atoms with E-state index in [0.717, 1.165) is 24.8 Å². The maximum atomic E-state index is 12.3. The van der Waals surface area contributed by atoms with Crippen molar-refractivity contribution in [2.75, 3.05) is 6.61 Å². The molecule has 27 heavy (non-hydrogen) atoms. The van der Waals surface area contributed by atoms with Gasteiger partial charge in [0.15, 0.2) is 0 Å². The van der Waals surface area contributed by atoms with Gasteiger partial charge in [-0.15, -0.1) is 0 Å². The summed E-state index contributed by atoms with van der Waals surface area (Å²) in [6.45, 7) is 4.42. The van der Waals surface area contributed by atoms with Gasteiger partial charge in [0.05, 0.1) is 6.61 Å². The lowest BCUT2D eigenvalue weighted by molar-refractivity contribution is -0.150. The van der Waals surface area contributed by atoms with Crippen LogP contribution < -0.4 is 0 Å². The zero-order valence-electron chi connectivity index (χ0n) is 16.6. The molecule has 0 spiro atoms. The summed E-state index contributed by atoms with van der Waals surface area (Å²) in [4.78, 5) is 24.0. The number of ether oxygens (including phenoxy) is 2. The zero-order chi connectivity index (χ0) is 19.5. The summed E-state index contributed by atoms with van der Waals surface area (Å²) in [6, 6.07) is 9.92. The summed E-state index contributed by atoms with van der Waals surface area (Å²) in [7, 11) is 0. The van der Waals surface area contributed by atoms with Crippen molar-refractivity contribution in [1.82, 2.24) is 0 Å². The first kappa shape index (κ1) is 21.2. The molecule has 2 atom stereocenters. The first-order valence-electron chi connectivity index (χ1n) is 10.1. The van der Waals surface area contributed by atoms with Gasteiger partial charge in [-0.1, -0.05) is 56.3 Å². The Morgan fingerprint density at radius 2 is 1.85 bits per heavy atom. The molecule has 2 rings (SSSR count). The lowest BCUT2D eigenvalue weighted by atomic mass is 9.89. The van der Waals surface area contributed by atoms with E-state index in [1.165, 1.54) is 6.42 Å². The molecular formula is C23H32O4. The Hall–Kier alpha value is -2.10. The van der Waals surface area contributed by atoms with Crippen LogP contribution in [-0.4, -0.2) is 18.5 Å². The largest absolute Gasteiger partial charge is 0.465 e. The molecule has 1 aliphatic rings. The van der Waals surface area contributed by atoms with E-state index in [2.05, 4.69) is 12.2 Å². The zero-order valence-corrected chi connectivity index (χ0v) is 16.6. The average molecular weight is 373 g/mol. The molecule has 0 saturated carbocycles. The molecule has 2 unspecified atom stereocenters. The number of esters is 2. The fourth-order valence-electron chi connectivity index (χ4n) is 3.20. The summed E-state index contributed by atoms with van der Waals surface area (Å²) >= 11 is 0. The Kier molecular flexibility index (Phi) is 9.09. The van der Waals surface area contributed by atoms with Crippen LogP contribution in [0.1, 0.15) is 70.5 Å². The van der Waals surface area contributed by atoms with Gasteiger partial charge >= 0.3 is 11.9 Å². The van der Waals surface area contributed by atoms with E-state index in [0.29, 0.717) is 24.9 Å². The smallest absolute Gasteiger partial charge is 0.306 e. The van der Waals surface area contributed by atoms with Gasteiger partial charge in [0.1, 0.15) is 6.10 Å². The molecule has 148 valence electrons. The highest BCUT2D eigenvalue weighted by atomic mass is 16.5. The highest BCUT2D eigenvalue weighted by Crippen LogP contribution is 2.31. The first-order valence-corrected chi connectivity index (χ1v) is 10.1. The highest BCUT2D eigenvalue weighted by Gasteiger charge is 2.21. The molecule has 0 heterocycles. The fourth-order valence-corrected chi connectivity index (χ4v) is 3.20. The van der Waals surface area contributed by atoms with Crippen LogP contribution >= 0.6 is 0 Å². The summed E-state index contributed by atoms with van der Waals surface area (Å²) in [5.41, 5.74) is 1.03. The minimum Gasteiger partial charge on any atom is -0.465 e. The van der Waals surface area contributed by atoms with Crippen molar-refractivity contribution in [2.24, 2.45) is 11.8 Å². The SMILES string of the molecule is CC(C)COC(=O)CCCC(=O)OC(CC1C=CCCC1)c1ccccc1. The number of carbonyl (C=O) groups is 2. The van der Waals surface area contributed by atoms with Gasteiger partial charge in [0, 0.05) is 12.8 Å². The van der Waals surface area contributed by atoms with Crippen molar-refractivity contribution in [3.05, 3.63) is 48.0 Å². The second kappa shape index (κ2) is 11.6. The van der Waals surface area contributed by atoms with Gasteiger partial charge in [-0.3, -0.25) is 9.59 Å². The molecule has 0 bridgehead atoms. The molecule has 0 radical (unpaired) electrons. The van der Waals surface area contributed by atoms with E-state index in [1.807, 2.05) is 44.2 Å². The van der Waals surface area contributed by atoms with Gasteiger partial charge in [0.2, 0.25) is 0 Å². The third-order valence-corrected chi connectivity index (χ3v) is 4.66. The van der Waals surface area contributed by atoms with E-state index >= 15 is 0 Å². The van der Waals surface area contributed by atoms with Crippen molar-refractivity contribution in [2.45, 2.75) is 64.9 Å². The van der Waals surface area contributed by atoms with Crippen LogP contribution in [0.15, 0.2) is 42.5 Å². The van der Waals surface area contributed by atoms with Crippen LogP contribution in [0.25, 0.3) is 0 Å². The monoisotopic (exact) mass is 372 g/mol. The molecule has 4 heteroatoms. The maximum absolute atomic E-state index is 12.3. The molecule has 1 aromatic rings. The summed E-state index contributed by atoms with van der Waals surface area (Å²) in [5, 5.41) is 0. The Morgan fingerprint density at radius 1 is 1.11 bits per heavy atom. The summed E-state index contributed by atoms with van der Waals surface area (Å²) in [5.74, 6) is 0.269. The van der Waals surface area contributed by atoms with Gasteiger partial charge in [-0.05, 0) is 49.5 Å². The second-order valence-corrected chi connectivity index (χ2v) is 7.67. The summed E-state index contributed by atoms with van der Waals surface area (Å²) < 4.78 is 10.9. The average Bonchev–Trinajstić information content (AvgIpc) is 2.67. The van der Waals surface area contributed by atoms with Crippen LogP contribution in [0, 0.1) is 11.8 Å². The molecule has 4 nitrogen and oxygen atoms in total. The van der Waals surface area contributed by atoms with Crippen molar-refractivity contribution >= 4 is 11.9 Å². The van der Waals surface area contributed by atoms with E-state index in [9.17, 15) is 9.59 Å². The predicted molar refractivity (Wildman–Crippen MR) is 106 cm³/mol. The molecule has 0 N–H and O–H groups in total. The third-order valence-electron chi connectivity index (χ3n) is 4.66. The van der Waals surface area contributed by atoms with Gasteiger partial charge in [-0.2, -0.15) is 0 Å². The number of rotatable bonds is 10. The topological polar surface area (TPSA) is 52.6 Å². The minimum atomic E-state index is -0.250. The maximum Gasteiger partial charge on any atom is 0.306 e. The van der Waals surface area contributed by atoms with Crippen LogP contribution in [0.4, 0.5) is 0 Å². The van der Waals surface area contributed by atoms with Crippen molar-refractivity contribution < 1.29 is 19.1 Å².